The topological polar surface area (TPSA) is 79.4 Å². The maximum atomic E-state index is 11.5. The lowest BCUT2D eigenvalue weighted by Gasteiger charge is -1.96. The van der Waals surface area contributed by atoms with Gasteiger partial charge in [0.25, 0.3) is 0 Å². The van der Waals surface area contributed by atoms with Crippen molar-refractivity contribution in [3.05, 3.63) is 58.3 Å². The van der Waals surface area contributed by atoms with Crippen LogP contribution in [-0.4, -0.2) is 24.7 Å². The molecule has 6 nitrogen and oxygen atoms in total. The molecule has 0 aliphatic rings. The van der Waals surface area contributed by atoms with Gasteiger partial charge in [0.15, 0.2) is 0 Å². The molecule has 0 atom stereocenters. The van der Waals surface area contributed by atoms with Gasteiger partial charge in [-0.1, -0.05) is 0 Å². The van der Waals surface area contributed by atoms with Crippen molar-refractivity contribution in [3.8, 4) is 10.4 Å². The first kappa shape index (κ1) is 14.6. The van der Waals surface area contributed by atoms with Crippen LogP contribution in [0.3, 0.4) is 0 Å². The van der Waals surface area contributed by atoms with Crippen LogP contribution in [0.1, 0.15) is 4.88 Å². The number of nitrogens with one attached hydrogen (secondary N) is 2. The maximum Gasteiger partial charge on any atom is 0.343 e. The van der Waals surface area contributed by atoms with Gasteiger partial charge in [-0.05, 0) is 24.3 Å². The highest BCUT2D eigenvalue weighted by atomic mass is 35.5. The Bertz CT molecular complexity index is 967. The van der Waals surface area contributed by atoms with Crippen molar-refractivity contribution in [2.75, 3.05) is 0 Å². The molecule has 0 fully saturated rings. The smallest absolute Gasteiger partial charge is 0.343 e. The molecular formula is C14H12ClN5OS. The lowest BCUT2D eigenvalue weighted by molar-refractivity contribution is 0.772. The normalized spacial score (nSPS) is 10.7. The Kier molecular flexibility index (Phi) is 3.82. The van der Waals surface area contributed by atoms with E-state index in [0.29, 0.717) is 6.54 Å². The predicted octanol–water partition coefficient (Wildman–Crippen LogP) is 2.65. The highest BCUT2D eigenvalue weighted by molar-refractivity contribution is 7.15. The molecule has 0 amide bonds. The van der Waals surface area contributed by atoms with E-state index in [1.165, 1.54) is 6.33 Å². The lowest BCUT2D eigenvalue weighted by Crippen LogP contribution is -2.16. The summed E-state index contributed by atoms with van der Waals surface area (Å²) in [6.07, 6.45) is 5.25. The van der Waals surface area contributed by atoms with Crippen LogP contribution in [0, 0.1) is 0 Å². The van der Waals surface area contributed by atoms with E-state index >= 15 is 0 Å². The largest absolute Gasteiger partial charge is 0.345 e. The third-order valence-corrected chi connectivity index (χ3v) is 4.43. The standard InChI is InChI=1S/C14H11N5OS.ClH/c20-14-18-17-8-19(14)7-9-3-4-12(21-9)11-6-16-13-10(11)2-1-5-15-13;/h1-6,8H,7H2,(H,15,16)(H,18,20);1H. The Morgan fingerprint density at radius 2 is 2.18 bits per heavy atom. The van der Waals surface area contributed by atoms with Gasteiger partial charge >= 0.3 is 5.69 Å². The summed E-state index contributed by atoms with van der Waals surface area (Å²) < 4.78 is 1.55. The number of thiophene rings is 1. The molecule has 22 heavy (non-hydrogen) atoms. The van der Waals surface area contributed by atoms with Crippen LogP contribution in [0.25, 0.3) is 21.5 Å². The summed E-state index contributed by atoms with van der Waals surface area (Å²) in [5.41, 5.74) is 1.82. The molecular weight excluding hydrogens is 322 g/mol. The van der Waals surface area contributed by atoms with Gasteiger partial charge in [0, 0.05) is 33.1 Å². The van der Waals surface area contributed by atoms with Crippen molar-refractivity contribution in [1.29, 1.82) is 0 Å². The van der Waals surface area contributed by atoms with E-state index in [1.54, 1.807) is 22.1 Å². The van der Waals surface area contributed by atoms with Crippen LogP contribution in [0.4, 0.5) is 0 Å². The van der Waals surface area contributed by atoms with E-state index in [9.17, 15) is 4.79 Å². The summed E-state index contributed by atoms with van der Waals surface area (Å²) in [6, 6.07) is 8.09. The second-order valence-corrected chi connectivity index (χ2v) is 5.83. The van der Waals surface area contributed by atoms with Crippen molar-refractivity contribution in [2.24, 2.45) is 0 Å². The average Bonchev–Trinajstić information content (AvgIpc) is 3.20. The zero-order valence-electron chi connectivity index (χ0n) is 11.3. The number of hydrogen-bond donors (Lipinski definition) is 2. The maximum absolute atomic E-state index is 11.5. The lowest BCUT2D eigenvalue weighted by atomic mass is 10.2. The number of pyridine rings is 1. The highest BCUT2D eigenvalue weighted by Gasteiger charge is 2.10. The van der Waals surface area contributed by atoms with Crippen molar-refractivity contribution < 1.29 is 0 Å². The zero-order valence-corrected chi connectivity index (χ0v) is 12.9. The van der Waals surface area contributed by atoms with E-state index in [-0.39, 0.29) is 18.1 Å². The highest BCUT2D eigenvalue weighted by Crippen LogP contribution is 2.33. The van der Waals surface area contributed by atoms with Gasteiger partial charge in [-0.2, -0.15) is 5.10 Å². The number of rotatable bonds is 3. The number of aromatic amines is 2. The van der Waals surface area contributed by atoms with Gasteiger partial charge in [-0.3, -0.25) is 4.57 Å². The van der Waals surface area contributed by atoms with Crippen molar-refractivity contribution >= 4 is 34.8 Å². The summed E-state index contributed by atoms with van der Waals surface area (Å²) in [7, 11) is 0. The van der Waals surface area contributed by atoms with Crippen LogP contribution in [-0.2, 0) is 6.54 Å². The van der Waals surface area contributed by atoms with Gasteiger partial charge in [-0.25, -0.2) is 14.9 Å². The summed E-state index contributed by atoms with van der Waals surface area (Å²) in [5.74, 6) is 0. The van der Waals surface area contributed by atoms with E-state index in [4.69, 9.17) is 0 Å². The van der Waals surface area contributed by atoms with Crippen molar-refractivity contribution in [1.82, 2.24) is 24.7 Å². The molecule has 4 aromatic heterocycles. The van der Waals surface area contributed by atoms with E-state index < -0.39 is 0 Å². The minimum Gasteiger partial charge on any atom is -0.345 e. The molecule has 0 radical (unpaired) electrons. The minimum atomic E-state index is -0.193. The van der Waals surface area contributed by atoms with E-state index in [1.807, 2.05) is 24.4 Å². The fraction of sp³-hybridized carbons (Fsp3) is 0.0714. The fourth-order valence-electron chi connectivity index (χ4n) is 2.32. The summed E-state index contributed by atoms with van der Waals surface area (Å²) >= 11 is 1.66. The first-order valence-electron chi connectivity index (χ1n) is 6.42. The van der Waals surface area contributed by atoms with Gasteiger partial charge in [-0.15, -0.1) is 23.7 Å². The number of fused-ring (bicyclic) bond motifs is 1. The third kappa shape index (κ3) is 2.44. The molecule has 0 saturated heterocycles. The molecule has 8 heteroatoms. The quantitative estimate of drug-likeness (QED) is 0.605. The third-order valence-electron chi connectivity index (χ3n) is 3.32. The Labute approximate surface area is 135 Å². The monoisotopic (exact) mass is 333 g/mol. The van der Waals surface area contributed by atoms with Crippen LogP contribution < -0.4 is 5.69 Å². The second-order valence-electron chi connectivity index (χ2n) is 4.66. The van der Waals surface area contributed by atoms with Gasteiger partial charge in [0.1, 0.15) is 12.0 Å². The zero-order chi connectivity index (χ0) is 14.2. The Morgan fingerprint density at radius 1 is 1.27 bits per heavy atom. The molecule has 0 bridgehead atoms. The first-order valence-corrected chi connectivity index (χ1v) is 7.24. The SMILES string of the molecule is Cl.O=c1[nH]ncn1Cc1ccc(-c2c[nH]c3ncccc23)s1. The number of nitrogens with zero attached hydrogens (tertiary/aromatic N) is 3. The van der Waals surface area contributed by atoms with E-state index in [0.717, 1.165) is 26.4 Å². The van der Waals surface area contributed by atoms with Gasteiger partial charge in [0.05, 0.1) is 6.54 Å². The average molecular weight is 334 g/mol. The molecule has 0 aliphatic carbocycles. The van der Waals surface area contributed by atoms with Crippen LogP contribution in [0.15, 0.2) is 47.8 Å². The summed E-state index contributed by atoms with van der Waals surface area (Å²) in [5, 5.41) is 7.23. The van der Waals surface area contributed by atoms with Gasteiger partial charge < -0.3 is 4.98 Å². The number of aromatic nitrogens is 5. The molecule has 0 saturated carbocycles. The van der Waals surface area contributed by atoms with E-state index in [2.05, 4.69) is 26.2 Å². The fourth-order valence-corrected chi connectivity index (χ4v) is 3.36. The first-order chi connectivity index (χ1) is 10.3. The van der Waals surface area contributed by atoms with Gasteiger partial charge in [0.2, 0.25) is 0 Å². The summed E-state index contributed by atoms with van der Waals surface area (Å²) in [6.45, 7) is 0.528. The molecule has 2 N–H and O–H groups in total. The molecule has 112 valence electrons. The summed E-state index contributed by atoms with van der Waals surface area (Å²) in [4.78, 5) is 21.2. The van der Waals surface area contributed by atoms with Crippen molar-refractivity contribution in [3.63, 3.8) is 0 Å². The molecule has 0 unspecified atom stereocenters. The van der Waals surface area contributed by atoms with Crippen LogP contribution in [0.5, 0.6) is 0 Å². The predicted molar refractivity (Wildman–Crippen MR) is 88.6 cm³/mol. The Balaban J connectivity index is 0.00000144. The molecule has 4 rings (SSSR count). The van der Waals surface area contributed by atoms with Crippen molar-refractivity contribution in [2.45, 2.75) is 6.54 Å². The number of halogens is 1. The second kappa shape index (κ2) is 5.78. The molecule has 0 spiro atoms. The Morgan fingerprint density at radius 3 is 3.00 bits per heavy atom. The number of H-pyrrole nitrogens is 2. The minimum absolute atomic E-state index is 0. The Hall–Kier alpha value is -2.38. The molecule has 0 aromatic carbocycles. The van der Waals surface area contributed by atoms with Crippen LogP contribution in [0.2, 0.25) is 0 Å². The number of hydrogen-bond acceptors (Lipinski definition) is 4. The molecule has 0 aliphatic heterocycles. The molecule has 4 heterocycles. The van der Waals surface area contributed by atoms with Crippen LogP contribution >= 0.6 is 23.7 Å². The molecule has 4 aromatic rings.